The fourth-order valence-corrected chi connectivity index (χ4v) is 5.16. The Morgan fingerprint density at radius 3 is 2.52 bits per heavy atom. The number of fused-ring (bicyclic) bond motifs is 4. The van der Waals surface area contributed by atoms with Crippen molar-refractivity contribution in [2.24, 2.45) is 0 Å². The largest absolute Gasteiger partial charge is 0.496 e. The van der Waals surface area contributed by atoms with Crippen LogP contribution in [0.1, 0.15) is 15.9 Å². The first-order chi connectivity index (χ1) is 19.4. The van der Waals surface area contributed by atoms with Crippen LogP contribution >= 0.6 is 0 Å². The third kappa shape index (κ3) is 5.37. The van der Waals surface area contributed by atoms with Gasteiger partial charge in [0.15, 0.2) is 23.2 Å². The molecule has 1 unspecified atom stereocenters. The molecule has 0 aromatic heterocycles. The van der Waals surface area contributed by atoms with Gasteiger partial charge in [-0.2, -0.15) is 0 Å². The number of methoxy groups -OCH3 is 3. The number of hydrogen-bond acceptors (Lipinski definition) is 12. The quantitative estimate of drug-likeness (QED) is 0.332. The van der Waals surface area contributed by atoms with Gasteiger partial charge >= 0.3 is 0 Å². The normalized spacial score (nSPS) is 22.6. The van der Waals surface area contributed by atoms with Gasteiger partial charge in [0.05, 0.1) is 34.5 Å². The van der Waals surface area contributed by atoms with Gasteiger partial charge in [-0.05, 0) is 6.07 Å². The Balaban J connectivity index is 1.34. The van der Waals surface area contributed by atoms with Gasteiger partial charge in [0.25, 0.3) is 0 Å². The van der Waals surface area contributed by atoms with Gasteiger partial charge in [-0.3, -0.25) is 9.69 Å². The van der Waals surface area contributed by atoms with E-state index in [1.807, 2.05) is 0 Å². The number of rotatable bonds is 11. The highest BCUT2D eigenvalue weighted by molar-refractivity contribution is 6.09. The predicted octanol–water partition coefficient (Wildman–Crippen LogP) is 0.598. The van der Waals surface area contributed by atoms with Crippen molar-refractivity contribution in [3.8, 4) is 34.5 Å². The molecule has 0 spiro atoms. The van der Waals surface area contributed by atoms with Crippen LogP contribution in [0.3, 0.4) is 0 Å². The number of benzene rings is 2. The Hall–Kier alpha value is -3.29. The van der Waals surface area contributed by atoms with Crippen LogP contribution in [0, 0.1) is 0 Å². The third-order valence-electron chi connectivity index (χ3n) is 7.39. The minimum Gasteiger partial charge on any atom is -0.496 e. The number of aliphatic hydroxyl groups excluding tert-OH is 1. The van der Waals surface area contributed by atoms with Crippen LogP contribution < -0.4 is 33.7 Å². The van der Waals surface area contributed by atoms with E-state index in [1.165, 1.54) is 33.5 Å². The molecule has 3 aliphatic rings. The first kappa shape index (κ1) is 28.2. The fraction of sp³-hybridized carbons (Fsp3) is 0.536. The van der Waals surface area contributed by atoms with E-state index in [9.17, 15) is 15.0 Å². The maximum Gasteiger partial charge on any atom is 0.210 e. The summed E-state index contributed by atoms with van der Waals surface area (Å²) >= 11 is 0. The molecule has 0 bridgehead atoms. The monoisotopic (exact) mass is 560 g/mol. The lowest BCUT2D eigenvalue weighted by atomic mass is 9.77. The number of aliphatic hydroxyl groups is 2. The maximum atomic E-state index is 14.0. The zero-order valence-electron chi connectivity index (χ0n) is 22.9. The predicted molar refractivity (Wildman–Crippen MR) is 142 cm³/mol. The number of carbonyl (C=O) groups excluding carboxylic acids is 1. The van der Waals surface area contributed by atoms with Crippen LogP contribution in [-0.4, -0.2) is 114 Å². The van der Waals surface area contributed by atoms with Crippen LogP contribution in [0.15, 0.2) is 24.3 Å². The van der Waals surface area contributed by atoms with Gasteiger partial charge in [0.2, 0.25) is 5.78 Å². The molecule has 3 aliphatic heterocycles. The topological polar surface area (TPSA) is 137 Å². The Bertz CT molecular complexity index is 1220. The zero-order chi connectivity index (χ0) is 28.3. The van der Waals surface area contributed by atoms with Crippen LogP contribution in [0.4, 0.5) is 0 Å². The molecule has 3 N–H and O–H groups in total. The van der Waals surface area contributed by atoms with Crippen molar-refractivity contribution < 1.29 is 48.2 Å². The molecular weight excluding hydrogens is 524 g/mol. The molecule has 0 amide bonds. The van der Waals surface area contributed by atoms with E-state index < -0.39 is 23.6 Å². The van der Waals surface area contributed by atoms with Crippen molar-refractivity contribution in [1.29, 1.82) is 0 Å². The number of nitrogens with one attached hydrogen (secondary N) is 1. The van der Waals surface area contributed by atoms with E-state index in [1.54, 1.807) is 12.1 Å². The van der Waals surface area contributed by atoms with Crippen LogP contribution in [0.5, 0.6) is 34.5 Å². The minimum absolute atomic E-state index is 0.0506. The number of morpholine rings is 1. The highest BCUT2D eigenvalue weighted by atomic mass is 16.6. The fourth-order valence-electron chi connectivity index (χ4n) is 5.16. The maximum absolute atomic E-state index is 14.0. The highest BCUT2D eigenvalue weighted by Gasteiger charge is 2.57. The zero-order valence-corrected chi connectivity index (χ0v) is 22.9. The molecule has 2 aromatic rings. The average molecular weight is 561 g/mol. The van der Waals surface area contributed by atoms with E-state index in [4.69, 9.17) is 33.2 Å². The third-order valence-corrected chi connectivity index (χ3v) is 7.39. The number of ketones is 1. The van der Waals surface area contributed by atoms with E-state index in [0.717, 1.165) is 32.8 Å². The van der Waals surface area contributed by atoms with Gasteiger partial charge in [-0.1, -0.05) is 0 Å². The summed E-state index contributed by atoms with van der Waals surface area (Å²) in [6.07, 6.45) is -1.87. The van der Waals surface area contributed by atoms with Crippen LogP contribution in [0.2, 0.25) is 0 Å². The van der Waals surface area contributed by atoms with Crippen molar-refractivity contribution in [3.05, 3.63) is 35.4 Å². The van der Waals surface area contributed by atoms with E-state index in [2.05, 4.69) is 10.2 Å². The molecule has 0 radical (unpaired) electrons. The lowest BCUT2D eigenvalue weighted by Gasteiger charge is -2.43. The molecule has 0 saturated carbocycles. The minimum atomic E-state index is -2.08. The number of carbonyl (C=O) groups is 1. The summed E-state index contributed by atoms with van der Waals surface area (Å²) in [5.41, 5.74) is -1.83. The van der Waals surface area contributed by atoms with Crippen molar-refractivity contribution in [2.45, 2.75) is 17.8 Å². The standard InChI is InChI=1S/C28H36N2O10/c1-34-18-10-23(38-15-17(31)14-29-4-5-30-6-8-37-9-7-30)26-24(11-18)40-25-16-39-20-13-22(36-3)21(35-2)12-19(20)28(25,33)27(26)32/h10-13,17,25,29,31,33H,4-9,14-16H2,1-3H3/t17?,25-,28-/m1/s1. The van der Waals surface area contributed by atoms with E-state index >= 15 is 0 Å². The number of Topliss-reactive ketones (excluding diaryl/α,β-unsaturated/α-hetero) is 1. The van der Waals surface area contributed by atoms with E-state index in [-0.39, 0.29) is 41.6 Å². The van der Waals surface area contributed by atoms with Gasteiger partial charge in [0.1, 0.15) is 47.9 Å². The molecule has 12 nitrogen and oxygen atoms in total. The second kappa shape index (κ2) is 12.1. The Morgan fingerprint density at radius 1 is 1.05 bits per heavy atom. The Morgan fingerprint density at radius 2 is 1.80 bits per heavy atom. The average Bonchev–Trinajstić information content (AvgIpc) is 2.98. The first-order valence-electron chi connectivity index (χ1n) is 13.3. The summed E-state index contributed by atoms with van der Waals surface area (Å²) in [6, 6.07) is 6.19. The summed E-state index contributed by atoms with van der Waals surface area (Å²) in [5.74, 6) is 1.11. The smallest absolute Gasteiger partial charge is 0.210 e. The molecular formula is C28H36N2O10. The lowest BCUT2D eigenvalue weighted by Crippen LogP contribution is -2.57. The summed E-state index contributed by atoms with van der Waals surface area (Å²) in [4.78, 5) is 16.3. The van der Waals surface area contributed by atoms with Gasteiger partial charge in [0, 0.05) is 56.5 Å². The Kier molecular flexibility index (Phi) is 8.52. The molecule has 3 heterocycles. The molecule has 1 fully saturated rings. The summed E-state index contributed by atoms with van der Waals surface area (Å²) in [6.45, 7) is 4.97. The van der Waals surface area contributed by atoms with Crippen molar-refractivity contribution in [3.63, 3.8) is 0 Å². The Labute approximate surface area is 232 Å². The molecule has 3 atom stereocenters. The second-order valence-corrected chi connectivity index (χ2v) is 9.84. The van der Waals surface area contributed by atoms with Crippen LogP contribution in [0.25, 0.3) is 0 Å². The summed E-state index contributed by atoms with van der Waals surface area (Å²) < 4.78 is 39.4. The second-order valence-electron chi connectivity index (χ2n) is 9.84. The lowest BCUT2D eigenvalue weighted by molar-refractivity contribution is -0.0804. The molecule has 40 heavy (non-hydrogen) atoms. The molecule has 0 aliphatic carbocycles. The number of nitrogens with zero attached hydrogens (tertiary/aromatic N) is 1. The van der Waals surface area contributed by atoms with Crippen LogP contribution in [-0.2, 0) is 10.3 Å². The molecule has 2 aromatic carbocycles. The first-order valence-corrected chi connectivity index (χ1v) is 13.3. The molecule has 5 rings (SSSR count). The number of hydrogen-bond donors (Lipinski definition) is 3. The van der Waals surface area contributed by atoms with Crippen molar-refractivity contribution in [2.75, 3.05) is 80.5 Å². The summed E-state index contributed by atoms with van der Waals surface area (Å²) in [5, 5.41) is 25.7. The van der Waals surface area contributed by atoms with Crippen molar-refractivity contribution in [1.82, 2.24) is 10.2 Å². The van der Waals surface area contributed by atoms with E-state index in [0.29, 0.717) is 30.3 Å². The van der Waals surface area contributed by atoms with Gasteiger partial charge in [-0.25, -0.2) is 0 Å². The molecule has 218 valence electrons. The SMILES string of the molecule is COc1cc(OCC(O)CNCCN2CCOCC2)c2c(c1)O[C@@H]1COc3cc(OC)c(OC)cc3[C@]1(O)C2=O. The van der Waals surface area contributed by atoms with Gasteiger partial charge < -0.3 is 48.7 Å². The van der Waals surface area contributed by atoms with Crippen molar-refractivity contribution >= 4 is 5.78 Å². The summed E-state index contributed by atoms with van der Waals surface area (Å²) in [7, 11) is 4.44. The van der Waals surface area contributed by atoms with Gasteiger partial charge in [-0.15, -0.1) is 0 Å². The highest BCUT2D eigenvalue weighted by Crippen LogP contribution is 2.51. The molecule has 1 saturated heterocycles. The number of ether oxygens (including phenoxy) is 7. The molecule has 12 heteroatoms.